The maximum Gasteiger partial charge on any atom is 0.262 e. The Kier molecular flexibility index (Phi) is 4.42. The van der Waals surface area contributed by atoms with Crippen LogP contribution in [0.25, 0.3) is 16.3 Å². The number of aromatic nitrogens is 1. The molecule has 2 aromatic carbocycles. The van der Waals surface area contributed by atoms with Crippen LogP contribution >= 0.6 is 22.9 Å². The molecule has 0 fully saturated rings. The van der Waals surface area contributed by atoms with Crippen LogP contribution in [0.4, 0.5) is 10.1 Å². The van der Waals surface area contributed by atoms with Gasteiger partial charge in [0.05, 0.1) is 5.69 Å². The second-order valence-electron chi connectivity index (χ2n) is 5.93. The van der Waals surface area contributed by atoms with Crippen molar-refractivity contribution >= 4 is 44.9 Å². The van der Waals surface area contributed by atoms with Gasteiger partial charge in [0.15, 0.2) is 11.6 Å². The van der Waals surface area contributed by atoms with Crippen LogP contribution < -0.4 is 14.2 Å². The SMILES string of the molecule is CC[n+]1c(/C=C/C=C2\Oc3ccc(Cl)cc3N2C)sc2ccc(F)cc21. The van der Waals surface area contributed by atoms with Crippen molar-refractivity contribution in [3.05, 3.63) is 70.3 Å². The lowest BCUT2D eigenvalue weighted by Gasteiger charge is -2.09. The van der Waals surface area contributed by atoms with E-state index in [1.807, 2.05) is 54.4 Å². The van der Waals surface area contributed by atoms with Gasteiger partial charge in [-0.25, -0.2) is 4.39 Å². The lowest BCUT2D eigenvalue weighted by Crippen LogP contribution is -2.33. The summed E-state index contributed by atoms with van der Waals surface area (Å²) in [6.45, 7) is 2.83. The third kappa shape index (κ3) is 2.97. The predicted octanol–water partition coefficient (Wildman–Crippen LogP) is 5.38. The van der Waals surface area contributed by atoms with Gasteiger partial charge in [-0.1, -0.05) is 22.9 Å². The van der Waals surface area contributed by atoms with Crippen molar-refractivity contribution in [2.24, 2.45) is 0 Å². The molecule has 0 aliphatic carbocycles. The number of hydrogen-bond donors (Lipinski definition) is 0. The van der Waals surface area contributed by atoms with Gasteiger partial charge in [-0.05, 0) is 49.4 Å². The zero-order valence-electron chi connectivity index (χ0n) is 14.4. The van der Waals surface area contributed by atoms with Crippen molar-refractivity contribution in [1.29, 1.82) is 0 Å². The molecule has 1 aliphatic heterocycles. The highest BCUT2D eigenvalue weighted by Gasteiger charge is 2.23. The normalized spacial score (nSPS) is 15.2. The quantitative estimate of drug-likeness (QED) is 0.560. The number of fused-ring (bicyclic) bond motifs is 2. The van der Waals surface area contributed by atoms with E-state index in [0.29, 0.717) is 5.02 Å². The van der Waals surface area contributed by atoms with Gasteiger partial charge in [0.2, 0.25) is 5.52 Å². The van der Waals surface area contributed by atoms with Gasteiger partial charge in [0, 0.05) is 24.2 Å². The first-order valence-corrected chi connectivity index (χ1v) is 9.47. The summed E-state index contributed by atoms with van der Waals surface area (Å²) in [5.74, 6) is 1.30. The number of nitrogens with zero attached hydrogens (tertiary/aromatic N) is 2. The number of anilines is 1. The maximum absolute atomic E-state index is 13.6. The first-order chi connectivity index (χ1) is 12.6. The van der Waals surface area contributed by atoms with Gasteiger partial charge in [-0.15, -0.1) is 0 Å². The van der Waals surface area contributed by atoms with Crippen molar-refractivity contribution < 1.29 is 13.7 Å². The number of hydrogen-bond acceptors (Lipinski definition) is 3. The second-order valence-corrected chi connectivity index (χ2v) is 7.43. The molecule has 132 valence electrons. The lowest BCUT2D eigenvalue weighted by atomic mass is 10.3. The van der Waals surface area contributed by atoms with E-state index in [1.54, 1.807) is 17.4 Å². The molecule has 3 nitrogen and oxygen atoms in total. The number of rotatable bonds is 3. The lowest BCUT2D eigenvalue weighted by molar-refractivity contribution is -0.665. The Morgan fingerprint density at radius 1 is 1.27 bits per heavy atom. The number of halogens is 2. The summed E-state index contributed by atoms with van der Waals surface area (Å²) in [5.41, 5.74) is 1.86. The van der Waals surface area contributed by atoms with E-state index in [1.165, 1.54) is 6.07 Å². The van der Waals surface area contributed by atoms with Gasteiger partial charge < -0.3 is 9.64 Å². The van der Waals surface area contributed by atoms with Crippen LogP contribution in [0.1, 0.15) is 11.9 Å². The smallest absolute Gasteiger partial charge is 0.262 e. The highest BCUT2D eigenvalue weighted by molar-refractivity contribution is 7.18. The molecule has 26 heavy (non-hydrogen) atoms. The molecule has 0 amide bonds. The van der Waals surface area contributed by atoms with Crippen molar-refractivity contribution in [2.75, 3.05) is 11.9 Å². The van der Waals surface area contributed by atoms with Gasteiger partial charge >= 0.3 is 0 Å². The van der Waals surface area contributed by atoms with Gasteiger partial charge in [-0.3, -0.25) is 0 Å². The standard InChI is InChI=1S/C20H17ClFN2OS/c1-3-24-16-12-14(22)8-10-18(16)26-20(24)6-4-5-19-23(2)15-11-13(21)7-9-17(15)25-19/h4-12H,3H2,1-2H3/q+1. The summed E-state index contributed by atoms with van der Waals surface area (Å²) < 4.78 is 22.6. The molecular weight excluding hydrogens is 371 g/mol. The number of allylic oxidation sites excluding steroid dienone is 2. The molecule has 0 atom stereocenters. The van der Waals surface area contributed by atoms with E-state index in [9.17, 15) is 4.39 Å². The van der Waals surface area contributed by atoms with Crippen LogP contribution in [-0.2, 0) is 6.54 Å². The Morgan fingerprint density at radius 2 is 2.12 bits per heavy atom. The second kappa shape index (κ2) is 6.74. The third-order valence-electron chi connectivity index (χ3n) is 4.31. The molecule has 3 aromatic rings. The van der Waals surface area contributed by atoms with E-state index in [4.69, 9.17) is 16.3 Å². The van der Waals surface area contributed by atoms with Crippen LogP contribution in [0.2, 0.25) is 5.02 Å². The summed E-state index contributed by atoms with van der Waals surface area (Å²) in [4.78, 5) is 1.96. The fourth-order valence-corrected chi connectivity index (χ4v) is 4.31. The molecule has 0 unspecified atom stereocenters. The molecule has 4 rings (SSSR count). The summed E-state index contributed by atoms with van der Waals surface area (Å²) in [6, 6.07) is 10.5. The molecule has 0 saturated carbocycles. The van der Waals surface area contributed by atoms with Crippen LogP contribution in [0.5, 0.6) is 5.75 Å². The van der Waals surface area contributed by atoms with E-state index >= 15 is 0 Å². The van der Waals surface area contributed by atoms with Crippen molar-refractivity contribution in [3.8, 4) is 5.75 Å². The zero-order chi connectivity index (χ0) is 18.3. The first kappa shape index (κ1) is 17.1. The van der Waals surface area contributed by atoms with Gasteiger partial charge in [0.1, 0.15) is 17.1 Å². The monoisotopic (exact) mass is 387 g/mol. The zero-order valence-corrected chi connectivity index (χ0v) is 15.9. The van der Waals surface area contributed by atoms with Crippen molar-refractivity contribution in [1.82, 2.24) is 0 Å². The molecule has 0 spiro atoms. The number of aryl methyl sites for hydroxylation is 1. The number of thiazole rings is 1. The minimum atomic E-state index is -0.215. The van der Waals surface area contributed by atoms with Crippen LogP contribution in [0, 0.1) is 5.82 Å². The average molecular weight is 388 g/mol. The van der Waals surface area contributed by atoms with Gasteiger partial charge in [-0.2, -0.15) is 4.57 Å². The maximum atomic E-state index is 13.6. The molecule has 0 radical (unpaired) electrons. The number of benzene rings is 2. The highest BCUT2D eigenvalue weighted by Crippen LogP contribution is 2.39. The van der Waals surface area contributed by atoms with Gasteiger partial charge in [0.25, 0.3) is 5.01 Å². The Balaban J connectivity index is 1.63. The third-order valence-corrected chi connectivity index (χ3v) is 5.68. The van der Waals surface area contributed by atoms with Crippen LogP contribution in [0.15, 0.2) is 54.4 Å². The molecule has 0 bridgehead atoms. The number of ether oxygens (including phenoxy) is 1. The molecule has 0 saturated heterocycles. The summed E-state index contributed by atoms with van der Waals surface area (Å²) in [5, 5.41) is 1.74. The van der Waals surface area contributed by atoms with Crippen LogP contribution in [0.3, 0.4) is 0 Å². The topological polar surface area (TPSA) is 16.4 Å². The molecule has 1 aliphatic rings. The average Bonchev–Trinajstić information content (AvgIpc) is 3.12. The minimum Gasteiger partial charge on any atom is -0.439 e. The Labute approximate surface area is 160 Å². The molecule has 1 aromatic heterocycles. The van der Waals surface area contributed by atoms with Crippen molar-refractivity contribution in [2.45, 2.75) is 13.5 Å². The largest absolute Gasteiger partial charge is 0.439 e. The van der Waals surface area contributed by atoms with E-state index in [2.05, 4.69) is 11.5 Å². The predicted molar refractivity (Wildman–Crippen MR) is 105 cm³/mol. The fourth-order valence-electron chi connectivity index (χ4n) is 3.02. The highest BCUT2D eigenvalue weighted by atomic mass is 35.5. The summed E-state index contributed by atoms with van der Waals surface area (Å²) in [7, 11) is 1.94. The van der Waals surface area contributed by atoms with E-state index < -0.39 is 0 Å². The first-order valence-electron chi connectivity index (χ1n) is 8.28. The Hall–Kier alpha value is -2.37. The van der Waals surface area contributed by atoms with E-state index in [0.717, 1.165) is 39.1 Å². The Morgan fingerprint density at radius 3 is 2.92 bits per heavy atom. The molecule has 2 heterocycles. The van der Waals surface area contributed by atoms with E-state index in [-0.39, 0.29) is 5.82 Å². The minimum absolute atomic E-state index is 0.215. The van der Waals surface area contributed by atoms with Crippen molar-refractivity contribution in [3.63, 3.8) is 0 Å². The molecule has 0 N–H and O–H groups in total. The summed E-state index contributed by atoms with van der Waals surface area (Å²) >= 11 is 7.70. The Bertz CT molecular complexity index is 1060. The fraction of sp³-hybridized carbons (Fsp3) is 0.150. The molecule has 6 heteroatoms. The molecular formula is C20H17ClFN2OS+. The van der Waals surface area contributed by atoms with Crippen LogP contribution in [-0.4, -0.2) is 7.05 Å². The summed E-state index contributed by atoms with van der Waals surface area (Å²) in [6.07, 6.45) is 5.89.